The third-order valence-corrected chi connectivity index (χ3v) is 4.06. The van der Waals surface area contributed by atoms with Crippen molar-refractivity contribution >= 4 is 5.69 Å². The lowest BCUT2D eigenvalue weighted by molar-refractivity contribution is 0.217. The summed E-state index contributed by atoms with van der Waals surface area (Å²) >= 11 is 0. The van der Waals surface area contributed by atoms with Crippen LogP contribution in [-0.4, -0.2) is 18.7 Å². The van der Waals surface area contributed by atoms with Crippen molar-refractivity contribution in [1.82, 2.24) is 0 Å². The number of benzene rings is 1. The van der Waals surface area contributed by atoms with Crippen LogP contribution >= 0.6 is 0 Å². The summed E-state index contributed by atoms with van der Waals surface area (Å²) in [5.74, 6) is 1.56. The maximum Gasteiger partial charge on any atom is 0.121 e. The van der Waals surface area contributed by atoms with Crippen molar-refractivity contribution in [1.29, 1.82) is 0 Å². The molecule has 0 saturated heterocycles. The summed E-state index contributed by atoms with van der Waals surface area (Å²) in [4.78, 5) is 0. The van der Waals surface area contributed by atoms with Crippen LogP contribution in [0.3, 0.4) is 0 Å². The average molecular weight is 262 g/mol. The molecule has 1 aliphatic carbocycles. The van der Waals surface area contributed by atoms with Crippen molar-refractivity contribution in [2.24, 2.45) is 11.7 Å². The summed E-state index contributed by atoms with van der Waals surface area (Å²) in [7, 11) is 0. The fourth-order valence-electron chi connectivity index (χ4n) is 2.70. The van der Waals surface area contributed by atoms with Gasteiger partial charge in [-0.3, -0.25) is 0 Å². The molecule has 3 nitrogen and oxygen atoms in total. The molecule has 3 N–H and O–H groups in total. The molecule has 1 aliphatic rings. The van der Waals surface area contributed by atoms with Gasteiger partial charge in [0.2, 0.25) is 0 Å². The van der Waals surface area contributed by atoms with E-state index in [2.05, 4.69) is 31.3 Å². The van der Waals surface area contributed by atoms with E-state index < -0.39 is 0 Å². The van der Waals surface area contributed by atoms with Gasteiger partial charge in [0.1, 0.15) is 5.75 Å². The Bertz CT molecular complexity index is 394. The summed E-state index contributed by atoms with van der Waals surface area (Å²) in [6, 6.07) is 8.79. The van der Waals surface area contributed by atoms with Crippen LogP contribution in [0.1, 0.15) is 39.5 Å². The highest BCUT2D eigenvalue weighted by molar-refractivity contribution is 5.49. The molecular weight excluding hydrogens is 236 g/mol. The number of hydrogen-bond acceptors (Lipinski definition) is 3. The van der Waals surface area contributed by atoms with Gasteiger partial charge in [0.25, 0.3) is 0 Å². The Kier molecular flexibility index (Phi) is 5.08. The van der Waals surface area contributed by atoms with Crippen molar-refractivity contribution in [3.05, 3.63) is 24.3 Å². The highest BCUT2D eigenvalue weighted by Crippen LogP contribution is 2.29. The Hall–Kier alpha value is -1.22. The molecule has 106 valence electrons. The standard InChI is InChI=1S/C16H26N2O/c1-3-12(2)19-15-8-5-7-14(10-15)18-16-9-4-6-13(16)11-17/h5,7-8,10,12-13,16,18H,3-4,6,9,11,17H2,1-2H3. The second kappa shape index (κ2) is 6.80. The molecule has 0 bridgehead atoms. The van der Waals surface area contributed by atoms with Crippen LogP contribution in [0.25, 0.3) is 0 Å². The van der Waals surface area contributed by atoms with Crippen LogP contribution in [0.4, 0.5) is 5.69 Å². The smallest absolute Gasteiger partial charge is 0.121 e. The maximum absolute atomic E-state index is 5.86. The Morgan fingerprint density at radius 3 is 3.00 bits per heavy atom. The number of nitrogens with two attached hydrogens (primary N) is 1. The summed E-state index contributed by atoms with van der Waals surface area (Å²) in [6.45, 7) is 5.01. The van der Waals surface area contributed by atoms with Gasteiger partial charge in [0.15, 0.2) is 0 Å². The quantitative estimate of drug-likeness (QED) is 0.826. The number of hydrogen-bond donors (Lipinski definition) is 2. The molecule has 0 spiro atoms. The minimum absolute atomic E-state index is 0.263. The molecule has 0 aromatic heterocycles. The minimum Gasteiger partial charge on any atom is -0.491 e. The van der Waals surface area contributed by atoms with E-state index in [9.17, 15) is 0 Å². The Balaban J connectivity index is 1.98. The zero-order valence-corrected chi connectivity index (χ0v) is 12.1. The fraction of sp³-hybridized carbons (Fsp3) is 0.625. The summed E-state index contributed by atoms with van der Waals surface area (Å²) in [5, 5.41) is 3.61. The molecule has 0 radical (unpaired) electrons. The van der Waals surface area contributed by atoms with Crippen LogP contribution in [-0.2, 0) is 0 Å². The molecule has 1 aromatic rings. The number of anilines is 1. The second-order valence-electron chi connectivity index (χ2n) is 5.54. The topological polar surface area (TPSA) is 47.3 Å². The van der Waals surface area contributed by atoms with Crippen LogP contribution in [0.15, 0.2) is 24.3 Å². The van der Waals surface area contributed by atoms with E-state index in [1.54, 1.807) is 0 Å². The lowest BCUT2D eigenvalue weighted by Crippen LogP contribution is -2.29. The summed E-state index contributed by atoms with van der Waals surface area (Å²) in [5.41, 5.74) is 6.97. The van der Waals surface area contributed by atoms with Crippen LogP contribution in [0, 0.1) is 5.92 Å². The monoisotopic (exact) mass is 262 g/mol. The van der Waals surface area contributed by atoms with Gasteiger partial charge >= 0.3 is 0 Å². The average Bonchev–Trinajstić information content (AvgIpc) is 2.86. The number of nitrogens with one attached hydrogen (secondary N) is 1. The molecule has 3 unspecified atom stereocenters. The van der Waals surface area contributed by atoms with Crippen molar-refractivity contribution in [2.45, 2.75) is 51.7 Å². The van der Waals surface area contributed by atoms with E-state index in [-0.39, 0.29) is 6.10 Å². The van der Waals surface area contributed by atoms with E-state index in [0.717, 1.165) is 24.4 Å². The molecule has 19 heavy (non-hydrogen) atoms. The first-order valence-electron chi connectivity index (χ1n) is 7.46. The summed E-state index contributed by atoms with van der Waals surface area (Å²) < 4.78 is 5.86. The van der Waals surface area contributed by atoms with Crippen molar-refractivity contribution < 1.29 is 4.74 Å². The third-order valence-electron chi connectivity index (χ3n) is 4.06. The number of rotatable bonds is 6. The van der Waals surface area contributed by atoms with Gasteiger partial charge in [-0.05, 0) is 50.8 Å². The van der Waals surface area contributed by atoms with Gasteiger partial charge in [0, 0.05) is 17.8 Å². The first-order valence-corrected chi connectivity index (χ1v) is 7.46. The molecule has 1 saturated carbocycles. The van der Waals surface area contributed by atoms with E-state index >= 15 is 0 Å². The molecule has 0 aliphatic heterocycles. The van der Waals surface area contributed by atoms with Crippen LogP contribution in [0.2, 0.25) is 0 Å². The first kappa shape index (κ1) is 14.2. The van der Waals surface area contributed by atoms with E-state index in [4.69, 9.17) is 10.5 Å². The lowest BCUT2D eigenvalue weighted by atomic mass is 10.0. The Morgan fingerprint density at radius 2 is 2.26 bits per heavy atom. The summed E-state index contributed by atoms with van der Waals surface area (Å²) in [6.07, 6.45) is 5.03. The largest absolute Gasteiger partial charge is 0.491 e. The van der Waals surface area contributed by atoms with Gasteiger partial charge < -0.3 is 15.8 Å². The predicted octanol–water partition coefficient (Wildman–Crippen LogP) is 3.40. The molecule has 3 atom stereocenters. The van der Waals surface area contributed by atoms with Gasteiger partial charge in [-0.25, -0.2) is 0 Å². The third kappa shape index (κ3) is 3.87. The van der Waals surface area contributed by atoms with Crippen molar-refractivity contribution in [2.75, 3.05) is 11.9 Å². The Morgan fingerprint density at radius 1 is 1.42 bits per heavy atom. The van der Waals surface area contributed by atoms with E-state index in [1.165, 1.54) is 19.3 Å². The minimum atomic E-state index is 0.263. The van der Waals surface area contributed by atoms with Crippen LogP contribution < -0.4 is 15.8 Å². The van der Waals surface area contributed by atoms with Gasteiger partial charge in [-0.15, -0.1) is 0 Å². The highest BCUT2D eigenvalue weighted by Gasteiger charge is 2.25. The fourth-order valence-corrected chi connectivity index (χ4v) is 2.70. The van der Waals surface area contributed by atoms with Gasteiger partial charge in [0.05, 0.1) is 6.10 Å². The molecule has 0 amide bonds. The first-order chi connectivity index (χ1) is 9.22. The zero-order chi connectivity index (χ0) is 13.7. The molecule has 1 aromatic carbocycles. The molecule has 1 fully saturated rings. The molecular formula is C16H26N2O. The second-order valence-corrected chi connectivity index (χ2v) is 5.54. The van der Waals surface area contributed by atoms with E-state index in [1.807, 2.05) is 12.1 Å². The highest BCUT2D eigenvalue weighted by atomic mass is 16.5. The lowest BCUT2D eigenvalue weighted by Gasteiger charge is -2.21. The normalized spacial score (nSPS) is 24.2. The molecule has 0 heterocycles. The van der Waals surface area contributed by atoms with Crippen molar-refractivity contribution in [3.8, 4) is 5.75 Å². The van der Waals surface area contributed by atoms with Crippen molar-refractivity contribution in [3.63, 3.8) is 0 Å². The SMILES string of the molecule is CCC(C)Oc1cccc(NC2CCCC2CN)c1. The van der Waals surface area contributed by atoms with E-state index in [0.29, 0.717) is 12.0 Å². The van der Waals surface area contributed by atoms with Gasteiger partial charge in [-0.2, -0.15) is 0 Å². The maximum atomic E-state index is 5.86. The molecule has 3 heteroatoms. The molecule has 2 rings (SSSR count). The van der Waals surface area contributed by atoms with Gasteiger partial charge in [-0.1, -0.05) is 19.4 Å². The Labute approximate surface area is 116 Å². The number of ether oxygens (including phenoxy) is 1. The zero-order valence-electron chi connectivity index (χ0n) is 12.1. The van der Waals surface area contributed by atoms with Crippen LogP contribution in [0.5, 0.6) is 5.75 Å². The predicted molar refractivity (Wildman–Crippen MR) is 80.6 cm³/mol.